The van der Waals surface area contributed by atoms with Crippen LogP contribution in [0.2, 0.25) is 5.02 Å². The van der Waals surface area contributed by atoms with Crippen LogP contribution in [0.3, 0.4) is 0 Å². The second kappa shape index (κ2) is 3.99. The third-order valence-corrected chi connectivity index (χ3v) is 2.67. The summed E-state index contributed by atoms with van der Waals surface area (Å²) in [5.41, 5.74) is 0.282. The molecule has 1 aromatic carbocycles. The first kappa shape index (κ1) is 11.0. The fourth-order valence-electron chi connectivity index (χ4n) is 0.726. The molecule has 0 aliphatic carbocycles. The van der Waals surface area contributed by atoms with Gasteiger partial charge in [-0.3, -0.25) is 4.72 Å². The predicted octanol–water partition coefficient (Wildman–Crippen LogP) is 1.56. The summed E-state index contributed by atoms with van der Waals surface area (Å²) in [5.74, 6) is 0. The highest BCUT2D eigenvalue weighted by Gasteiger charge is 2.05. The Morgan fingerprint density at radius 2 is 2.08 bits per heavy atom. The van der Waals surface area contributed by atoms with Crippen LogP contribution in [0.5, 0.6) is 0 Å². The molecule has 1 aromatic rings. The van der Waals surface area contributed by atoms with Gasteiger partial charge in [0.15, 0.2) is 0 Å². The van der Waals surface area contributed by atoms with Crippen LogP contribution >= 0.6 is 34.2 Å². The average molecular weight is 333 g/mol. The van der Waals surface area contributed by atoms with Crippen molar-refractivity contribution in [3.63, 3.8) is 0 Å². The van der Waals surface area contributed by atoms with E-state index in [1.807, 2.05) is 0 Å². The molecule has 1 rings (SSSR count). The van der Waals surface area contributed by atoms with Crippen LogP contribution in [0.15, 0.2) is 18.2 Å². The summed E-state index contributed by atoms with van der Waals surface area (Å²) in [4.78, 5) is 0. The van der Waals surface area contributed by atoms with Crippen molar-refractivity contribution in [2.45, 2.75) is 0 Å². The van der Waals surface area contributed by atoms with E-state index in [-0.39, 0.29) is 5.69 Å². The molecule has 0 fully saturated rings. The second-order valence-electron chi connectivity index (χ2n) is 2.27. The SMILES string of the molecule is NS(=O)(=O)Nc1ccc(I)cc1Cl. The van der Waals surface area contributed by atoms with E-state index in [2.05, 4.69) is 27.3 Å². The van der Waals surface area contributed by atoms with Crippen LogP contribution < -0.4 is 9.86 Å². The van der Waals surface area contributed by atoms with Crippen molar-refractivity contribution in [1.82, 2.24) is 0 Å². The Morgan fingerprint density at radius 1 is 1.46 bits per heavy atom. The molecule has 0 saturated carbocycles. The maximum absolute atomic E-state index is 10.6. The average Bonchev–Trinajstić information content (AvgIpc) is 1.93. The van der Waals surface area contributed by atoms with Crippen molar-refractivity contribution >= 4 is 50.1 Å². The number of rotatable bonds is 2. The number of halogens is 2. The van der Waals surface area contributed by atoms with Crippen molar-refractivity contribution in [1.29, 1.82) is 0 Å². The zero-order valence-electron chi connectivity index (χ0n) is 6.29. The normalized spacial score (nSPS) is 11.3. The van der Waals surface area contributed by atoms with Gasteiger partial charge in [0.25, 0.3) is 10.2 Å². The molecular weight excluding hydrogens is 327 g/mol. The highest BCUT2D eigenvalue weighted by Crippen LogP contribution is 2.23. The van der Waals surface area contributed by atoms with E-state index in [1.165, 1.54) is 0 Å². The van der Waals surface area contributed by atoms with Gasteiger partial charge in [0.05, 0.1) is 10.7 Å². The highest BCUT2D eigenvalue weighted by molar-refractivity contribution is 14.1. The molecule has 0 amide bonds. The smallest absolute Gasteiger partial charge is 0.270 e. The molecule has 72 valence electrons. The molecule has 0 saturated heterocycles. The standard InChI is InChI=1S/C6H6ClIN2O2S/c7-5-3-4(8)1-2-6(5)10-13(9,11)12/h1-3,10H,(H2,9,11,12). The van der Waals surface area contributed by atoms with Crippen LogP contribution in [0, 0.1) is 3.57 Å². The molecule has 0 aliphatic heterocycles. The van der Waals surface area contributed by atoms with Crippen molar-refractivity contribution in [2.75, 3.05) is 4.72 Å². The van der Waals surface area contributed by atoms with Crippen LogP contribution in [0.1, 0.15) is 0 Å². The van der Waals surface area contributed by atoms with Crippen LogP contribution in [0.4, 0.5) is 5.69 Å². The zero-order chi connectivity index (χ0) is 10.1. The van der Waals surface area contributed by atoms with Crippen LogP contribution in [-0.2, 0) is 10.2 Å². The first-order chi connectivity index (χ1) is 5.88. The van der Waals surface area contributed by atoms with Gasteiger partial charge in [0, 0.05) is 3.57 Å². The fraction of sp³-hybridized carbons (Fsp3) is 0. The molecule has 0 unspecified atom stereocenters. The minimum absolute atomic E-state index is 0.282. The monoisotopic (exact) mass is 332 g/mol. The van der Waals surface area contributed by atoms with E-state index >= 15 is 0 Å². The summed E-state index contributed by atoms with van der Waals surface area (Å²) in [6.45, 7) is 0. The Labute approximate surface area is 94.8 Å². The summed E-state index contributed by atoms with van der Waals surface area (Å²) in [6, 6.07) is 4.91. The molecule has 0 bridgehead atoms. The number of benzene rings is 1. The largest absolute Gasteiger partial charge is 0.296 e. The molecule has 0 radical (unpaired) electrons. The minimum atomic E-state index is -3.75. The highest BCUT2D eigenvalue weighted by atomic mass is 127. The van der Waals surface area contributed by atoms with E-state index in [4.69, 9.17) is 16.7 Å². The lowest BCUT2D eigenvalue weighted by Gasteiger charge is -2.05. The van der Waals surface area contributed by atoms with Gasteiger partial charge < -0.3 is 0 Å². The zero-order valence-corrected chi connectivity index (χ0v) is 10.0. The maximum Gasteiger partial charge on any atom is 0.296 e. The van der Waals surface area contributed by atoms with E-state index < -0.39 is 10.2 Å². The van der Waals surface area contributed by atoms with E-state index in [0.717, 1.165) is 3.57 Å². The molecule has 0 aliphatic rings. The summed E-state index contributed by atoms with van der Waals surface area (Å²) >= 11 is 7.81. The van der Waals surface area contributed by atoms with E-state index in [1.54, 1.807) is 18.2 Å². The molecular formula is C6H6ClIN2O2S. The van der Waals surface area contributed by atoms with Gasteiger partial charge in [0.1, 0.15) is 0 Å². The van der Waals surface area contributed by atoms with Crippen molar-refractivity contribution in [3.8, 4) is 0 Å². The maximum atomic E-state index is 10.6. The summed E-state index contributed by atoms with van der Waals surface area (Å²) in [5, 5.41) is 5.10. The molecule has 0 spiro atoms. The minimum Gasteiger partial charge on any atom is -0.270 e. The predicted molar refractivity (Wildman–Crippen MR) is 60.9 cm³/mol. The number of hydrogen-bond donors (Lipinski definition) is 2. The number of nitrogens with one attached hydrogen (secondary N) is 1. The molecule has 13 heavy (non-hydrogen) atoms. The van der Waals surface area contributed by atoms with E-state index in [9.17, 15) is 8.42 Å². The number of hydrogen-bond acceptors (Lipinski definition) is 2. The summed E-state index contributed by atoms with van der Waals surface area (Å²) in [7, 11) is -3.75. The summed E-state index contributed by atoms with van der Waals surface area (Å²) in [6.07, 6.45) is 0. The van der Waals surface area contributed by atoms with Gasteiger partial charge in [-0.2, -0.15) is 8.42 Å². The second-order valence-corrected chi connectivity index (χ2v) is 5.22. The first-order valence-corrected chi connectivity index (χ1v) is 6.14. The Kier molecular flexibility index (Phi) is 3.38. The quantitative estimate of drug-likeness (QED) is 0.807. The third kappa shape index (κ3) is 3.67. The third-order valence-electron chi connectivity index (χ3n) is 1.18. The van der Waals surface area contributed by atoms with E-state index in [0.29, 0.717) is 5.02 Å². The van der Waals surface area contributed by atoms with Gasteiger partial charge >= 0.3 is 0 Å². The Bertz CT molecular complexity index is 421. The van der Waals surface area contributed by atoms with Gasteiger partial charge in [-0.05, 0) is 40.8 Å². The topological polar surface area (TPSA) is 72.2 Å². The van der Waals surface area contributed by atoms with Crippen LogP contribution in [-0.4, -0.2) is 8.42 Å². The van der Waals surface area contributed by atoms with Crippen molar-refractivity contribution in [2.24, 2.45) is 5.14 Å². The first-order valence-electron chi connectivity index (χ1n) is 3.14. The molecule has 7 heteroatoms. The number of anilines is 1. The van der Waals surface area contributed by atoms with Gasteiger partial charge in [0.2, 0.25) is 0 Å². The lowest BCUT2D eigenvalue weighted by atomic mass is 10.3. The summed E-state index contributed by atoms with van der Waals surface area (Å²) < 4.78 is 24.3. The molecule has 3 N–H and O–H groups in total. The van der Waals surface area contributed by atoms with Crippen LogP contribution in [0.25, 0.3) is 0 Å². The molecule has 0 atom stereocenters. The lowest BCUT2D eigenvalue weighted by molar-refractivity contribution is 0.603. The van der Waals surface area contributed by atoms with Gasteiger partial charge in [-0.15, -0.1) is 0 Å². The van der Waals surface area contributed by atoms with Gasteiger partial charge in [-0.25, -0.2) is 5.14 Å². The number of nitrogens with two attached hydrogens (primary N) is 1. The molecule has 0 heterocycles. The van der Waals surface area contributed by atoms with Crippen molar-refractivity contribution in [3.05, 3.63) is 26.8 Å². The lowest BCUT2D eigenvalue weighted by Crippen LogP contribution is -2.21. The Balaban J connectivity index is 3.04. The van der Waals surface area contributed by atoms with Gasteiger partial charge in [-0.1, -0.05) is 11.6 Å². The molecule has 0 aromatic heterocycles. The Morgan fingerprint density at radius 3 is 2.54 bits per heavy atom. The fourth-order valence-corrected chi connectivity index (χ4v) is 2.17. The molecule has 4 nitrogen and oxygen atoms in total. The van der Waals surface area contributed by atoms with Crippen molar-refractivity contribution < 1.29 is 8.42 Å². The Hall–Kier alpha value is -0.0500.